The molecule has 0 saturated carbocycles. The number of anilines is 1. The molecule has 0 unspecified atom stereocenters. The van der Waals surface area contributed by atoms with Gasteiger partial charge in [-0.25, -0.2) is 13.4 Å². The van der Waals surface area contributed by atoms with E-state index in [2.05, 4.69) is 25.6 Å². The molecule has 1 aromatic heterocycles. The normalized spacial score (nSPS) is 11.3. The van der Waals surface area contributed by atoms with Gasteiger partial charge in [0.25, 0.3) is 10.0 Å². The molecule has 1 N–H and O–H groups in total. The smallest absolute Gasteiger partial charge is 0.263 e. The van der Waals surface area contributed by atoms with Crippen molar-refractivity contribution in [1.29, 1.82) is 0 Å². The lowest BCUT2D eigenvalue weighted by Crippen LogP contribution is -2.13. The first-order valence-electron chi connectivity index (χ1n) is 5.29. The SMILES string of the molecule is Cc1ccc(NS(=O)(=O)c2cnc(Cl)c(Br)c2)cc1. The molecule has 0 aliphatic carbocycles. The zero-order chi connectivity index (χ0) is 14.0. The van der Waals surface area contributed by atoms with E-state index in [4.69, 9.17) is 11.6 Å². The minimum atomic E-state index is -3.67. The monoisotopic (exact) mass is 360 g/mol. The van der Waals surface area contributed by atoms with Gasteiger partial charge in [0.05, 0.1) is 4.47 Å². The molecule has 0 atom stereocenters. The van der Waals surface area contributed by atoms with Crippen molar-refractivity contribution in [3.63, 3.8) is 0 Å². The molecule has 2 rings (SSSR count). The van der Waals surface area contributed by atoms with Crippen molar-refractivity contribution in [2.45, 2.75) is 11.8 Å². The van der Waals surface area contributed by atoms with Crippen molar-refractivity contribution < 1.29 is 8.42 Å². The Hall–Kier alpha value is -1.11. The number of benzene rings is 1. The number of aromatic nitrogens is 1. The highest BCUT2D eigenvalue weighted by Crippen LogP contribution is 2.24. The molecule has 0 aliphatic heterocycles. The molecule has 0 amide bonds. The minimum Gasteiger partial charge on any atom is -0.280 e. The van der Waals surface area contributed by atoms with Gasteiger partial charge in [0, 0.05) is 11.9 Å². The molecule has 19 heavy (non-hydrogen) atoms. The number of nitrogens with zero attached hydrogens (tertiary/aromatic N) is 1. The van der Waals surface area contributed by atoms with E-state index in [1.54, 1.807) is 12.1 Å². The van der Waals surface area contributed by atoms with Crippen LogP contribution in [0.15, 0.2) is 45.9 Å². The summed E-state index contributed by atoms with van der Waals surface area (Å²) in [4.78, 5) is 3.85. The van der Waals surface area contributed by atoms with Gasteiger partial charge in [-0.3, -0.25) is 4.72 Å². The topological polar surface area (TPSA) is 59.1 Å². The van der Waals surface area contributed by atoms with Crippen molar-refractivity contribution in [1.82, 2.24) is 4.98 Å². The molecular weight excluding hydrogens is 352 g/mol. The maximum atomic E-state index is 12.1. The third kappa shape index (κ3) is 3.46. The highest BCUT2D eigenvalue weighted by atomic mass is 79.9. The standard InChI is InChI=1S/C12H10BrClN2O2S/c1-8-2-4-9(5-3-8)16-19(17,18)10-6-11(13)12(14)15-7-10/h2-7,16H,1H3. The van der Waals surface area contributed by atoms with Crippen LogP contribution in [0.3, 0.4) is 0 Å². The van der Waals surface area contributed by atoms with Crippen LogP contribution in [0.25, 0.3) is 0 Å². The van der Waals surface area contributed by atoms with Crippen LogP contribution in [0.1, 0.15) is 5.56 Å². The Morgan fingerprint density at radius 2 is 1.89 bits per heavy atom. The van der Waals surface area contributed by atoms with Gasteiger partial charge < -0.3 is 0 Å². The summed E-state index contributed by atoms with van der Waals surface area (Å²) in [5.74, 6) is 0. The lowest BCUT2D eigenvalue weighted by molar-refractivity contribution is 0.600. The summed E-state index contributed by atoms with van der Waals surface area (Å²) in [6, 6.07) is 8.46. The third-order valence-corrected chi connectivity index (χ3v) is 4.87. The van der Waals surface area contributed by atoms with Crippen LogP contribution < -0.4 is 4.72 Å². The van der Waals surface area contributed by atoms with Crippen molar-refractivity contribution in [2.24, 2.45) is 0 Å². The van der Waals surface area contributed by atoms with Crippen LogP contribution in [0, 0.1) is 6.92 Å². The quantitative estimate of drug-likeness (QED) is 0.850. The number of sulfonamides is 1. The van der Waals surface area contributed by atoms with Crippen molar-refractivity contribution in [2.75, 3.05) is 4.72 Å². The summed E-state index contributed by atoms with van der Waals surface area (Å²) in [6.07, 6.45) is 1.21. The van der Waals surface area contributed by atoms with Crippen LogP contribution in [0.4, 0.5) is 5.69 Å². The largest absolute Gasteiger partial charge is 0.280 e. The lowest BCUT2D eigenvalue weighted by Gasteiger charge is -2.08. The van der Waals surface area contributed by atoms with Crippen LogP contribution in [-0.2, 0) is 10.0 Å². The molecule has 0 spiro atoms. The maximum absolute atomic E-state index is 12.1. The van der Waals surface area contributed by atoms with Crippen molar-refractivity contribution in [3.05, 3.63) is 51.7 Å². The second-order valence-electron chi connectivity index (χ2n) is 3.92. The first-order valence-corrected chi connectivity index (χ1v) is 7.94. The van der Waals surface area contributed by atoms with Gasteiger partial charge in [-0.1, -0.05) is 29.3 Å². The molecule has 0 bridgehead atoms. The lowest BCUT2D eigenvalue weighted by atomic mass is 10.2. The van der Waals surface area contributed by atoms with E-state index in [0.29, 0.717) is 10.2 Å². The summed E-state index contributed by atoms with van der Waals surface area (Å²) in [5.41, 5.74) is 1.55. The minimum absolute atomic E-state index is 0.0457. The number of rotatable bonds is 3. The van der Waals surface area contributed by atoms with E-state index < -0.39 is 10.0 Å². The van der Waals surface area contributed by atoms with E-state index >= 15 is 0 Å². The predicted octanol–water partition coefficient (Wildman–Crippen LogP) is 3.61. The summed E-state index contributed by atoms with van der Waals surface area (Å²) >= 11 is 8.88. The molecule has 100 valence electrons. The highest BCUT2D eigenvalue weighted by molar-refractivity contribution is 9.10. The maximum Gasteiger partial charge on any atom is 0.263 e. The molecule has 2 aromatic rings. The number of nitrogens with one attached hydrogen (secondary N) is 1. The molecule has 1 aromatic carbocycles. The van der Waals surface area contributed by atoms with Gasteiger partial charge >= 0.3 is 0 Å². The summed E-state index contributed by atoms with van der Waals surface area (Å²) < 4.78 is 27.2. The zero-order valence-electron chi connectivity index (χ0n) is 9.89. The Labute approximate surface area is 125 Å². The second-order valence-corrected chi connectivity index (χ2v) is 6.81. The van der Waals surface area contributed by atoms with Gasteiger partial charge in [-0.15, -0.1) is 0 Å². The van der Waals surface area contributed by atoms with Crippen LogP contribution in [-0.4, -0.2) is 13.4 Å². The molecule has 0 fully saturated rings. The summed E-state index contributed by atoms with van der Waals surface area (Å²) in [6.45, 7) is 1.93. The van der Waals surface area contributed by atoms with Crippen LogP contribution in [0.2, 0.25) is 5.15 Å². The molecule has 4 nitrogen and oxygen atoms in total. The van der Waals surface area contributed by atoms with E-state index in [1.807, 2.05) is 19.1 Å². The number of pyridine rings is 1. The average molecular weight is 362 g/mol. The first kappa shape index (κ1) is 14.3. The highest BCUT2D eigenvalue weighted by Gasteiger charge is 2.16. The number of aryl methyl sites for hydroxylation is 1. The number of halogens is 2. The van der Waals surface area contributed by atoms with Crippen LogP contribution >= 0.6 is 27.5 Å². The molecular formula is C12H10BrClN2O2S. The summed E-state index contributed by atoms with van der Waals surface area (Å²) in [5, 5.41) is 0.217. The van der Waals surface area contributed by atoms with Gasteiger partial charge in [0.15, 0.2) is 0 Å². The zero-order valence-corrected chi connectivity index (χ0v) is 13.1. The van der Waals surface area contributed by atoms with Gasteiger partial charge in [-0.05, 0) is 41.1 Å². The van der Waals surface area contributed by atoms with E-state index in [9.17, 15) is 8.42 Å². The Morgan fingerprint density at radius 3 is 2.47 bits per heavy atom. The van der Waals surface area contributed by atoms with Crippen molar-refractivity contribution in [3.8, 4) is 0 Å². The average Bonchev–Trinajstić information content (AvgIpc) is 2.35. The fourth-order valence-corrected chi connectivity index (χ4v) is 3.02. The molecule has 0 saturated heterocycles. The Kier molecular flexibility index (Phi) is 4.13. The fraction of sp³-hybridized carbons (Fsp3) is 0.0833. The Balaban J connectivity index is 2.32. The molecule has 0 radical (unpaired) electrons. The van der Waals surface area contributed by atoms with Gasteiger partial charge in [0.1, 0.15) is 10.0 Å². The van der Waals surface area contributed by atoms with Crippen LogP contribution in [0.5, 0.6) is 0 Å². The molecule has 1 heterocycles. The predicted molar refractivity (Wildman–Crippen MR) is 78.9 cm³/mol. The molecule has 0 aliphatic rings. The fourth-order valence-electron chi connectivity index (χ4n) is 1.39. The first-order chi connectivity index (χ1) is 8.88. The van der Waals surface area contributed by atoms with E-state index in [1.165, 1.54) is 12.3 Å². The second kappa shape index (κ2) is 5.48. The Bertz CT molecular complexity index is 702. The van der Waals surface area contributed by atoms with Gasteiger partial charge in [-0.2, -0.15) is 0 Å². The third-order valence-electron chi connectivity index (χ3n) is 2.39. The van der Waals surface area contributed by atoms with Crippen molar-refractivity contribution >= 4 is 43.2 Å². The Morgan fingerprint density at radius 1 is 1.26 bits per heavy atom. The van der Waals surface area contributed by atoms with E-state index in [0.717, 1.165) is 5.56 Å². The van der Waals surface area contributed by atoms with E-state index in [-0.39, 0.29) is 10.0 Å². The van der Waals surface area contributed by atoms with Gasteiger partial charge in [0.2, 0.25) is 0 Å². The molecule has 7 heteroatoms. The number of hydrogen-bond donors (Lipinski definition) is 1. The number of hydrogen-bond acceptors (Lipinski definition) is 3. The summed E-state index contributed by atoms with van der Waals surface area (Å²) in [7, 11) is -3.67.